The van der Waals surface area contributed by atoms with Crippen molar-refractivity contribution in [3.05, 3.63) is 181 Å². The smallest absolute Gasteiger partial charge is 0.0727 e. The number of rotatable bonds is 4. The summed E-state index contributed by atoms with van der Waals surface area (Å²) in [5.74, 6) is 0. The van der Waals surface area contributed by atoms with Crippen LogP contribution >= 0.6 is 0 Å². The standard InChI is InChI=1S/C49H32N2/c1-51-46(30-23-25-50-26-24-30)17-8-18-47(51)33-28-31(34-19-21-44-38-11-4-2-9-36(38)42-15-6-13-40(34)48(42)44)27-32(29-33)35-20-22-45-39-12-5-3-10-37(39)43-16-7-14-41(35)49(43)45/h2-29,46H,1H3. The molecule has 1 aromatic heterocycles. The van der Waals surface area contributed by atoms with E-state index in [4.69, 9.17) is 0 Å². The first kappa shape index (κ1) is 28.3. The van der Waals surface area contributed by atoms with Crippen LogP contribution in [0.3, 0.4) is 0 Å². The van der Waals surface area contributed by atoms with Gasteiger partial charge in [0.2, 0.25) is 0 Å². The van der Waals surface area contributed by atoms with Gasteiger partial charge in [0, 0.05) is 25.1 Å². The number of allylic oxidation sites excluding steroid dienone is 2. The monoisotopic (exact) mass is 648 g/mol. The van der Waals surface area contributed by atoms with Crippen molar-refractivity contribution in [3.8, 4) is 66.8 Å². The van der Waals surface area contributed by atoms with Crippen molar-refractivity contribution in [2.45, 2.75) is 6.04 Å². The summed E-state index contributed by atoms with van der Waals surface area (Å²) in [4.78, 5) is 6.68. The fourth-order valence-electron chi connectivity index (χ4n) is 9.05. The minimum absolute atomic E-state index is 0.116. The number of pyridine rings is 1. The molecule has 2 aliphatic carbocycles. The molecule has 0 N–H and O–H groups in total. The molecule has 0 bridgehead atoms. The van der Waals surface area contributed by atoms with Crippen LogP contribution in [0.4, 0.5) is 0 Å². The SMILES string of the molecule is CN1C(c2cc(-c3ccc4c5c(cccc35)-c3ccccc3-4)cc(-c3ccc4c5c(cccc35)-c3ccccc3-4)c2)=CC=CC1c1ccncc1. The van der Waals surface area contributed by atoms with Gasteiger partial charge >= 0.3 is 0 Å². The molecule has 0 spiro atoms. The Morgan fingerprint density at radius 2 is 0.902 bits per heavy atom. The summed E-state index contributed by atoms with van der Waals surface area (Å²) in [6.07, 6.45) is 10.5. The second kappa shape index (κ2) is 10.7. The fraction of sp³-hybridized carbons (Fsp3) is 0.0408. The van der Waals surface area contributed by atoms with Gasteiger partial charge in [-0.25, -0.2) is 0 Å². The van der Waals surface area contributed by atoms with E-state index >= 15 is 0 Å². The maximum absolute atomic E-state index is 4.29. The molecular weight excluding hydrogens is 617 g/mol. The molecule has 8 aromatic rings. The van der Waals surface area contributed by atoms with Gasteiger partial charge in [0.25, 0.3) is 0 Å². The van der Waals surface area contributed by atoms with Gasteiger partial charge in [-0.05, 0) is 136 Å². The normalized spacial score (nSPS) is 15.0. The van der Waals surface area contributed by atoms with Crippen LogP contribution in [-0.4, -0.2) is 16.9 Å². The molecule has 3 aliphatic rings. The Labute approximate surface area is 297 Å². The summed E-state index contributed by atoms with van der Waals surface area (Å²) in [6.45, 7) is 0. The van der Waals surface area contributed by atoms with Crippen molar-refractivity contribution in [1.82, 2.24) is 9.88 Å². The van der Waals surface area contributed by atoms with Gasteiger partial charge in [-0.2, -0.15) is 0 Å². The lowest BCUT2D eigenvalue weighted by molar-refractivity contribution is 0.412. The molecule has 1 atom stereocenters. The van der Waals surface area contributed by atoms with Crippen LogP contribution in [0.15, 0.2) is 170 Å². The van der Waals surface area contributed by atoms with E-state index in [0.29, 0.717) is 0 Å². The van der Waals surface area contributed by atoms with E-state index in [1.807, 2.05) is 12.4 Å². The zero-order chi connectivity index (χ0) is 33.6. The number of aromatic nitrogens is 1. The first-order chi connectivity index (χ1) is 25.2. The van der Waals surface area contributed by atoms with Gasteiger partial charge in [-0.3, -0.25) is 4.98 Å². The van der Waals surface area contributed by atoms with Crippen LogP contribution in [0.2, 0.25) is 0 Å². The summed E-state index contributed by atoms with van der Waals surface area (Å²) in [7, 11) is 2.21. The first-order valence-electron chi connectivity index (χ1n) is 17.7. The summed E-state index contributed by atoms with van der Waals surface area (Å²) < 4.78 is 0. The van der Waals surface area contributed by atoms with Crippen molar-refractivity contribution in [2.75, 3.05) is 7.05 Å². The predicted octanol–water partition coefficient (Wildman–Crippen LogP) is 12.6. The molecule has 1 unspecified atom stereocenters. The molecule has 0 saturated carbocycles. The van der Waals surface area contributed by atoms with Crippen LogP contribution in [0, 0.1) is 0 Å². The van der Waals surface area contributed by atoms with Crippen molar-refractivity contribution in [1.29, 1.82) is 0 Å². The molecule has 7 aromatic carbocycles. The van der Waals surface area contributed by atoms with Crippen LogP contribution in [0.1, 0.15) is 17.2 Å². The Balaban J connectivity index is 1.15. The molecule has 11 rings (SSSR count). The second-order valence-corrected chi connectivity index (χ2v) is 13.9. The van der Waals surface area contributed by atoms with Gasteiger partial charge < -0.3 is 4.90 Å². The van der Waals surface area contributed by atoms with Gasteiger partial charge in [-0.15, -0.1) is 0 Å². The average Bonchev–Trinajstić information content (AvgIpc) is 3.70. The number of benzene rings is 7. The molecule has 2 heterocycles. The molecule has 2 heteroatoms. The maximum Gasteiger partial charge on any atom is 0.0727 e. The predicted molar refractivity (Wildman–Crippen MR) is 213 cm³/mol. The lowest BCUT2D eigenvalue weighted by Crippen LogP contribution is -2.23. The molecule has 51 heavy (non-hydrogen) atoms. The van der Waals surface area contributed by atoms with Gasteiger partial charge in [0.15, 0.2) is 0 Å². The Bertz CT molecular complexity index is 2610. The Morgan fingerprint density at radius 1 is 0.451 bits per heavy atom. The van der Waals surface area contributed by atoms with Gasteiger partial charge in [-0.1, -0.05) is 121 Å². The zero-order valence-electron chi connectivity index (χ0n) is 28.1. The Morgan fingerprint density at radius 3 is 1.43 bits per heavy atom. The van der Waals surface area contributed by atoms with Crippen LogP contribution in [0.5, 0.6) is 0 Å². The van der Waals surface area contributed by atoms with Crippen LogP contribution < -0.4 is 0 Å². The Kier molecular flexibility index (Phi) is 5.97. The average molecular weight is 649 g/mol. The van der Waals surface area contributed by atoms with E-state index in [9.17, 15) is 0 Å². The second-order valence-electron chi connectivity index (χ2n) is 13.9. The molecular formula is C49H32N2. The number of nitrogens with zero attached hydrogens (tertiary/aromatic N) is 2. The third-order valence-electron chi connectivity index (χ3n) is 11.3. The van der Waals surface area contributed by atoms with E-state index in [0.717, 1.165) is 0 Å². The van der Waals surface area contributed by atoms with Crippen molar-refractivity contribution in [2.24, 2.45) is 0 Å². The molecule has 1 aliphatic heterocycles. The highest BCUT2D eigenvalue weighted by Crippen LogP contribution is 2.52. The number of hydrogen-bond acceptors (Lipinski definition) is 2. The topological polar surface area (TPSA) is 16.1 Å². The molecule has 0 fully saturated rings. The first-order valence-corrected chi connectivity index (χ1v) is 17.7. The van der Waals surface area contributed by atoms with Crippen molar-refractivity contribution >= 4 is 27.2 Å². The van der Waals surface area contributed by atoms with Crippen molar-refractivity contribution < 1.29 is 0 Å². The van der Waals surface area contributed by atoms with Crippen LogP contribution in [0.25, 0.3) is 94.0 Å². The molecule has 2 nitrogen and oxygen atoms in total. The number of hydrogen-bond donors (Lipinski definition) is 0. The highest BCUT2D eigenvalue weighted by atomic mass is 15.1. The summed E-state index contributed by atoms with van der Waals surface area (Å²) in [5, 5.41) is 5.28. The molecule has 238 valence electrons. The Hall–Kier alpha value is -6.51. The lowest BCUT2D eigenvalue weighted by Gasteiger charge is -2.33. The minimum atomic E-state index is 0.116. The summed E-state index contributed by atoms with van der Waals surface area (Å²) in [5.41, 5.74) is 19.1. The molecule has 0 saturated heterocycles. The van der Waals surface area contributed by atoms with Crippen LogP contribution in [-0.2, 0) is 0 Å². The van der Waals surface area contributed by atoms with E-state index < -0.39 is 0 Å². The highest BCUT2D eigenvalue weighted by Gasteiger charge is 2.26. The highest BCUT2D eigenvalue weighted by molar-refractivity contribution is 6.20. The van der Waals surface area contributed by atoms with E-state index in [2.05, 4.69) is 175 Å². The summed E-state index contributed by atoms with van der Waals surface area (Å²) in [6, 6.07) is 52.2. The maximum atomic E-state index is 4.29. The third-order valence-corrected chi connectivity index (χ3v) is 11.3. The minimum Gasteiger partial charge on any atom is -0.364 e. The fourth-order valence-corrected chi connectivity index (χ4v) is 9.05. The quantitative estimate of drug-likeness (QED) is 0.189. The van der Waals surface area contributed by atoms with E-state index in [1.54, 1.807) is 0 Å². The number of likely N-dealkylation sites (N-methyl/N-ethyl adjacent to an activating group) is 1. The van der Waals surface area contributed by atoms with Crippen molar-refractivity contribution in [3.63, 3.8) is 0 Å². The molecule has 0 amide bonds. The third kappa shape index (κ3) is 4.08. The summed E-state index contributed by atoms with van der Waals surface area (Å²) >= 11 is 0. The zero-order valence-corrected chi connectivity index (χ0v) is 28.1. The molecule has 0 radical (unpaired) electrons. The largest absolute Gasteiger partial charge is 0.364 e. The van der Waals surface area contributed by atoms with E-state index in [-0.39, 0.29) is 6.04 Å². The van der Waals surface area contributed by atoms with Gasteiger partial charge in [0.05, 0.1) is 6.04 Å². The van der Waals surface area contributed by atoms with Gasteiger partial charge in [0.1, 0.15) is 0 Å². The van der Waals surface area contributed by atoms with E-state index in [1.165, 1.54) is 105 Å². The number of fused-ring (bicyclic) bond motifs is 6. The lowest BCUT2D eigenvalue weighted by atomic mass is 9.88.